The molecule has 0 N–H and O–H groups in total. The van der Waals surface area contributed by atoms with Crippen molar-refractivity contribution in [2.45, 2.75) is 65.2 Å². The van der Waals surface area contributed by atoms with Crippen LogP contribution in [0.2, 0.25) is 0 Å². The normalized spacial score (nSPS) is 11.1. The fourth-order valence-electron chi connectivity index (χ4n) is 4.32. The van der Waals surface area contributed by atoms with Gasteiger partial charge in [-0.2, -0.15) is 0 Å². The first kappa shape index (κ1) is 25.2. The van der Waals surface area contributed by atoms with Crippen LogP contribution in [0.3, 0.4) is 0 Å². The minimum Gasteiger partial charge on any atom is -0.300 e. The molecule has 0 unspecified atom stereocenters. The van der Waals surface area contributed by atoms with Crippen molar-refractivity contribution in [2.24, 2.45) is 0 Å². The van der Waals surface area contributed by atoms with Crippen LogP contribution in [0, 0.1) is 0 Å². The van der Waals surface area contributed by atoms with Crippen LogP contribution in [0.25, 0.3) is 22.2 Å². The Bertz CT molecular complexity index is 1440. The second-order valence-corrected chi connectivity index (χ2v) is 8.97. The van der Waals surface area contributed by atoms with Gasteiger partial charge in [0.25, 0.3) is 0 Å². The number of imidazole rings is 1. The Balaban J connectivity index is 0.000000218. The average molecular weight is 484 g/mol. The van der Waals surface area contributed by atoms with Crippen LogP contribution in [-0.2, 0) is 4.79 Å². The second kappa shape index (κ2) is 12.2. The number of Topliss-reactive ketones (excluding diaryl/α,β-unsaturated/α-hetero) is 1. The van der Waals surface area contributed by atoms with Crippen molar-refractivity contribution >= 4 is 33.8 Å². The molecule has 0 atom stereocenters. The predicted molar refractivity (Wildman–Crippen MR) is 142 cm³/mol. The van der Waals surface area contributed by atoms with Gasteiger partial charge in [-0.05, 0) is 25.0 Å². The van der Waals surface area contributed by atoms with Crippen molar-refractivity contribution in [3.8, 4) is 0 Å². The van der Waals surface area contributed by atoms with Gasteiger partial charge in [-0.25, -0.2) is 4.98 Å². The molecular weight excluding hydrogens is 450 g/mol. The summed E-state index contributed by atoms with van der Waals surface area (Å²) in [5.74, 6) is 0.589. The molecule has 3 aromatic heterocycles. The third-order valence-electron chi connectivity index (χ3n) is 6.27. The van der Waals surface area contributed by atoms with E-state index in [0.717, 1.165) is 42.2 Å². The molecule has 3 heterocycles. The van der Waals surface area contributed by atoms with Crippen LogP contribution >= 0.6 is 0 Å². The molecule has 0 aliphatic carbocycles. The highest BCUT2D eigenvalue weighted by Crippen LogP contribution is 2.23. The molecule has 0 amide bonds. The Morgan fingerprint density at radius 1 is 0.806 bits per heavy atom. The van der Waals surface area contributed by atoms with E-state index >= 15 is 0 Å². The van der Waals surface area contributed by atoms with E-state index in [1.165, 1.54) is 25.7 Å². The number of carbonyl (C=O) groups excluding carboxylic acids is 2. The number of rotatable bonds is 10. The Labute approximate surface area is 211 Å². The summed E-state index contributed by atoms with van der Waals surface area (Å²) >= 11 is 0. The zero-order valence-electron chi connectivity index (χ0n) is 21.1. The molecule has 0 radical (unpaired) electrons. The summed E-state index contributed by atoms with van der Waals surface area (Å²) in [5, 5.41) is 9.37. The summed E-state index contributed by atoms with van der Waals surface area (Å²) < 4.78 is 3.71. The minimum atomic E-state index is -0.165. The molecule has 5 rings (SSSR count). The summed E-state index contributed by atoms with van der Waals surface area (Å²) in [5.41, 5.74) is 2.96. The average Bonchev–Trinajstić information content (AvgIpc) is 3.57. The van der Waals surface area contributed by atoms with E-state index in [4.69, 9.17) is 0 Å². The molecule has 0 aliphatic rings. The van der Waals surface area contributed by atoms with Crippen molar-refractivity contribution in [1.29, 1.82) is 0 Å². The van der Waals surface area contributed by atoms with Gasteiger partial charge in [0.1, 0.15) is 17.8 Å². The molecule has 7 nitrogen and oxygen atoms in total. The number of ketones is 2. The van der Waals surface area contributed by atoms with Gasteiger partial charge in [-0.1, -0.05) is 82.0 Å². The van der Waals surface area contributed by atoms with Gasteiger partial charge in [-0.3, -0.25) is 18.4 Å². The van der Waals surface area contributed by atoms with Crippen LogP contribution in [-0.4, -0.2) is 35.5 Å². The van der Waals surface area contributed by atoms with E-state index in [0.29, 0.717) is 17.0 Å². The van der Waals surface area contributed by atoms with E-state index in [1.54, 1.807) is 29.1 Å². The van der Waals surface area contributed by atoms with Crippen molar-refractivity contribution in [1.82, 2.24) is 24.0 Å². The molecule has 7 heteroatoms. The first-order valence-electron chi connectivity index (χ1n) is 12.8. The lowest BCUT2D eigenvalue weighted by molar-refractivity contribution is -0.119. The van der Waals surface area contributed by atoms with Crippen molar-refractivity contribution in [2.75, 3.05) is 0 Å². The highest BCUT2D eigenvalue weighted by molar-refractivity contribution is 6.08. The van der Waals surface area contributed by atoms with Gasteiger partial charge in [0.05, 0.1) is 11.7 Å². The van der Waals surface area contributed by atoms with Crippen molar-refractivity contribution in [3.63, 3.8) is 0 Å². The molecule has 0 bridgehead atoms. The highest BCUT2D eigenvalue weighted by Gasteiger charge is 2.20. The Morgan fingerprint density at radius 2 is 1.47 bits per heavy atom. The maximum Gasteiger partial charge on any atom is 0.230 e. The van der Waals surface area contributed by atoms with Crippen molar-refractivity contribution in [3.05, 3.63) is 78.5 Å². The number of fused-ring (bicyclic) bond motifs is 6. The molecule has 5 aromatic rings. The van der Waals surface area contributed by atoms with Gasteiger partial charge >= 0.3 is 0 Å². The number of para-hydroxylation sites is 1. The van der Waals surface area contributed by atoms with Gasteiger partial charge in [0.15, 0.2) is 5.65 Å². The smallest absolute Gasteiger partial charge is 0.230 e. The number of benzene rings is 2. The highest BCUT2D eigenvalue weighted by atomic mass is 16.1. The standard InChI is InChI=1S/C18H11N5O.C11H22O/c24-16(12-6-2-1-3-7-12)18-21-20-17-13-8-4-5-9-14(13)22-11-19-10-15(22)23(17)18;1-3-5-7-9-11(12)10-8-6-4-2/h1-11H;3-10H2,1-2H3. The van der Waals surface area contributed by atoms with Crippen molar-refractivity contribution < 1.29 is 9.59 Å². The van der Waals surface area contributed by atoms with Crippen LogP contribution in [0.5, 0.6) is 0 Å². The van der Waals surface area contributed by atoms with E-state index in [2.05, 4.69) is 29.0 Å². The first-order chi connectivity index (χ1) is 17.7. The number of unbranched alkanes of at least 4 members (excludes halogenated alkanes) is 4. The molecule has 0 fully saturated rings. The lowest BCUT2D eigenvalue weighted by Gasteiger charge is -2.06. The molecule has 36 heavy (non-hydrogen) atoms. The van der Waals surface area contributed by atoms with E-state index in [-0.39, 0.29) is 11.6 Å². The summed E-state index contributed by atoms with van der Waals surface area (Å²) in [6.45, 7) is 4.34. The van der Waals surface area contributed by atoms with Gasteiger partial charge in [0, 0.05) is 23.8 Å². The zero-order valence-corrected chi connectivity index (χ0v) is 21.1. The van der Waals surface area contributed by atoms with E-state index < -0.39 is 0 Å². The first-order valence-corrected chi connectivity index (χ1v) is 12.8. The third kappa shape index (κ3) is 5.51. The fraction of sp³-hybridized carbons (Fsp3) is 0.345. The lowest BCUT2D eigenvalue weighted by Crippen LogP contribution is -2.08. The predicted octanol–water partition coefficient (Wildman–Crippen LogP) is 6.48. The number of aromatic nitrogens is 5. The monoisotopic (exact) mass is 483 g/mol. The second-order valence-electron chi connectivity index (χ2n) is 8.97. The SMILES string of the molecule is CCCCCC(=O)CCCCC.O=C(c1ccccc1)c1nnc2c3ccccc3n3cncc3n12. The quantitative estimate of drug-likeness (QED) is 0.168. The Kier molecular flexibility index (Phi) is 8.55. The van der Waals surface area contributed by atoms with Gasteiger partial charge in [-0.15, -0.1) is 10.2 Å². The molecule has 0 spiro atoms. The molecule has 186 valence electrons. The lowest BCUT2D eigenvalue weighted by atomic mass is 10.1. The molecule has 0 aliphatic heterocycles. The number of hydrogen-bond donors (Lipinski definition) is 0. The maximum atomic E-state index is 12.9. The number of hydrogen-bond acceptors (Lipinski definition) is 5. The zero-order chi connectivity index (χ0) is 25.3. The summed E-state index contributed by atoms with van der Waals surface area (Å²) in [4.78, 5) is 28.3. The molecule has 0 saturated heterocycles. The number of carbonyl (C=O) groups is 2. The number of nitrogens with zero attached hydrogens (tertiary/aromatic N) is 5. The third-order valence-corrected chi connectivity index (χ3v) is 6.27. The minimum absolute atomic E-state index is 0.165. The van der Waals surface area contributed by atoms with Gasteiger partial charge < -0.3 is 0 Å². The molecule has 0 saturated carbocycles. The Hall–Kier alpha value is -3.87. The maximum absolute atomic E-state index is 12.9. The summed E-state index contributed by atoms with van der Waals surface area (Å²) in [6.07, 6.45) is 12.1. The van der Waals surface area contributed by atoms with Crippen LogP contribution in [0.15, 0.2) is 67.1 Å². The van der Waals surface area contributed by atoms with E-state index in [9.17, 15) is 9.59 Å². The molecule has 2 aromatic carbocycles. The van der Waals surface area contributed by atoms with Crippen LogP contribution in [0.1, 0.15) is 81.4 Å². The fourth-order valence-corrected chi connectivity index (χ4v) is 4.32. The Morgan fingerprint density at radius 3 is 2.17 bits per heavy atom. The van der Waals surface area contributed by atoms with Gasteiger partial charge in [0.2, 0.25) is 11.6 Å². The summed E-state index contributed by atoms with van der Waals surface area (Å²) in [6, 6.07) is 17.0. The van der Waals surface area contributed by atoms with E-state index in [1.807, 2.05) is 46.9 Å². The molecular formula is C29H33N5O2. The van der Waals surface area contributed by atoms with Crippen LogP contribution < -0.4 is 0 Å². The summed E-state index contributed by atoms with van der Waals surface area (Å²) in [7, 11) is 0. The topological polar surface area (TPSA) is 81.6 Å². The van der Waals surface area contributed by atoms with Crippen LogP contribution in [0.4, 0.5) is 0 Å². The largest absolute Gasteiger partial charge is 0.300 e.